The average molecular weight is 476 g/mol. The summed E-state index contributed by atoms with van der Waals surface area (Å²) in [6.45, 7) is 1.86. The number of rotatable bonds is 7. The largest absolute Gasteiger partial charge is 0.341 e. The molecule has 1 aliphatic heterocycles. The Hall–Kier alpha value is -3.00. The van der Waals surface area contributed by atoms with Crippen molar-refractivity contribution >= 4 is 36.7 Å². The van der Waals surface area contributed by atoms with Gasteiger partial charge in [-0.05, 0) is 24.1 Å². The number of sulfonamides is 1. The van der Waals surface area contributed by atoms with Crippen molar-refractivity contribution in [1.29, 1.82) is 0 Å². The Morgan fingerprint density at radius 3 is 2.50 bits per heavy atom. The van der Waals surface area contributed by atoms with E-state index in [0.717, 1.165) is 0 Å². The molecule has 2 heterocycles. The zero-order chi connectivity index (χ0) is 23.1. The number of amidine groups is 1. The maximum Gasteiger partial charge on any atom is 0.240 e. The SMILES string of the molecule is CCCS(=O)(=O)c1ccc(-c2cccc3[nH]c(CN)nc23)c(C2=NCN=N2)c1S(N)(=O)=O. The third-order valence-electron chi connectivity index (χ3n) is 4.93. The molecule has 3 aromatic rings. The number of azo groups is 1. The van der Waals surface area contributed by atoms with E-state index in [9.17, 15) is 16.8 Å². The fourth-order valence-electron chi connectivity index (χ4n) is 3.67. The molecular weight excluding hydrogens is 454 g/mol. The molecule has 0 saturated heterocycles. The molecule has 0 unspecified atom stereocenters. The highest BCUT2D eigenvalue weighted by Gasteiger charge is 2.32. The molecule has 168 valence electrons. The Morgan fingerprint density at radius 1 is 1.09 bits per heavy atom. The highest BCUT2D eigenvalue weighted by Crippen LogP contribution is 2.37. The molecule has 5 N–H and O–H groups in total. The quantitative estimate of drug-likeness (QED) is 0.466. The number of nitrogens with one attached hydrogen (secondary N) is 1. The summed E-state index contributed by atoms with van der Waals surface area (Å²) in [7, 11) is -8.44. The smallest absolute Gasteiger partial charge is 0.240 e. The predicted octanol–water partition coefficient (Wildman–Crippen LogP) is 1.69. The first-order chi connectivity index (χ1) is 15.2. The van der Waals surface area contributed by atoms with E-state index < -0.39 is 24.8 Å². The van der Waals surface area contributed by atoms with Gasteiger partial charge in [-0.2, -0.15) is 5.11 Å². The molecule has 4 rings (SSSR count). The number of primary sulfonamides is 1. The summed E-state index contributed by atoms with van der Waals surface area (Å²) < 4.78 is 51.3. The van der Waals surface area contributed by atoms with Gasteiger partial charge in [0.05, 0.1) is 33.8 Å². The lowest BCUT2D eigenvalue weighted by Gasteiger charge is -2.17. The van der Waals surface area contributed by atoms with Crippen molar-refractivity contribution in [2.24, 2.45) is 26.1 Å². The number of hydrogen-bond donors (Lipinski definition) is 3. The molecule has 0 spiro atoms. The number of aromatic amines is 1. The molecule has 0 saturated carbocycles. The first-order valence-electron chi connectivity index (χ1n) is 9.70. The van der Waals surface area contributed by atoms with Gasteiger partial charge in [-0.25, -0.2) is 32.0 Å². The molecule has 32 heavy (non-hydrogen) atoms. The summed E-state index contributed by atoms with van der Waals surface area (Å²) in [5.74, 6) is 0.293. The number of benzene rings is 2. The molecule has 13 heteroatoms. The van der Waals surface area contributed by atoms with Crippen molar-refractivity contribution in [3.05, 3.63) is 41.7 Å². The summed E-state index contributed by atoms with van der Waals surface area (Å²) in [5, 5.41) is 13.3. The van der Waals surface area contributed by atoms with Crippen LogP contribution in [0.4, 0.5) is 0 Å². The summed E-state index contributed by atoms with van der Waals surface area (Å²) in [4.78, 5) is 10.8. The third-order valence-corrected chi connectivity index (χ3v) is 8.01. The molecule has 0 atom stereocenters. The molecule has 1 aromatic heterocycles. The Balaban J connectivity index is 2.15. The zero-order valence-electron chi connectivity index (χ0n) is 17.1. The van der Waals surface area contributed by atoms with Crippen molar-refractivity contribution in [2.45, 2.75) is 29.7 Å². The second-order valence-electron chi connectivity index (χ2n) is 7.13. The van der Waals surface area contributed by atoms with Gasteiger partial charge < -0.3 is 10.7 Å². The Kier molecular flexibility index (Phi) is 5.67. The number of aromatic nitrogens is 2. The summed E-state index contributed by atoms with van der Waals surface area (Å²) >= 11 is 0. The fraction of sp³-hybridized carbons (Fsp3) is 0.263. The van der Waals surface area contributed by atoms with Crippen LogP contribution in [0.15, 0.2) is 55.3 Å². The van der Waals surface area contributed by atoms with Crippen LogP contribution in [-0.4, -0.2) is 45.1 Å². The maximum absolute atomic E-state index is 12.9. The van der Waals surface area contributed by atoms with Crippen molar-refractivity contribution in [3.63, 3.8) is 0 Å². The molecule has 0 aliphatic carbocycles. The second-order valence-corrected chi connectivity index (χ2v) is 10.7. The Morgan fingerprint density at radius 2 is 1.88 bits per heavy atom. The van der Waals surface area contributed by atoms with Gasteiger partial charge in [0.15, 0.2) is 22.3 Å². The van der Waals surface area contributed by atoms with Crippen LogP contribution >= 0.6 is 0 Å². The van der Waals surface area contributed by atoms with Crippen LogP contribution < -0.4 is 10.9 Å². The van der Waals surface area contributed by atoms with E-state index in [4.69, 9.17) is 10.9 Å². The molecule has 0 amide bonds. The number of aliphatic imine (C=N–C) groups is 1. The zero-order valence-corrected chi connectivity index (χ0v) is 18.7. The first kappa shape index (κ1) is 22.2. The minimum atomic E-state index is -4.50. The number of para-hydroxylation sites is 1. The number of nitrogens with zero attached hydrogens (tertiary/aromatic N) is 4. The van der Waals surface area contributed by atoms with Crippen molar-refractivity contribution in [2.75, 3.05) is 12.4 Å². The van der Waals surface area contributed by atoms with E-state index in [-0.39, 0.29) is 35.3 Å². The summed E-state index contributed by atoms with van der Waals surface area (Å²) in [5.41, 5.74) is 7.82. The lowest BCUT2D eigenvalue weighted by Crippen LogP contribution is -2.22. The second kappa shape index (κ2) is 8.16. The van der Waals surface area contributed by atoms with E-state index >= 15 is 0 Å². The molecule has 0 radical (unpaired) electrons. The minimum absolute atomic E-state index is 0.00526. The maximum atomic E-state index is 12.9. The average Bonchev–Trinajstić information content (AvgIpc) is 3.41. The van der Waals surface area contributed by atoms with E-state index in [1.807, 2.05) is 0 Å². The van der Waals surface area contributed by atoms with Crippen LogP contribution in [-0.2, 0) is 26.4 Å². The van der Waals surface area contributed by atoms with E-state index in [0.29, 0.717) is 34.4 Å². The van der Waals surface area contributed by atoms with E-state index in [1.54, 1.807) is 25.1 Å². The third kappa shape index (κ3) is 3.83. The van der Waals surface area contributed by atoms with Crippen molar-refractivity contribution in [3.8, 4) is 11.1 Å². The highest BCUT2D eigenvalue weighted by atomic mass is 32.2. The lowest BCUT2D eigenvalue weighted by atomic mass is 9.97. The van der Waals surface area contributed by atoms with E-state index in [1.165, 1.54) is 12.1 Å². The normalized spacial score (nSPS) is 14.3. The van der Waals surface area contributed by atoms with Crippen LogP contribution in [0.25, 0.3) is 22.2 Å². The van der Waals surface area contributed by atoms with Gasteiger partial charge in [0, 0.05) is 5.56 Å². The molecule has 1 aliphatic rings. The number of nitrogens with two attached hydrogens (primary N) is 2. The van der Waals surface area contributed by atoms with Crippen LogP contribution in [0, 0.1) is 0 Å². The van der Waals surface area contributed by atoms with Crippen LogP contribution in [0.2, 0.25) is 0 Å². The summed E-state index contributed by atoms with van der Waals surface area (Å²) in [6, 6.07) is 8.08. The molecule has 0 bridgehead atoms. The predicted molar refractivity (Wildman–Crippen MR) is 119 cm³/mol. The standard InChI is InChI=1S/C19H21N7O4S2/c1-2-8-31(27,28)14-7-6-11(12-4-3-5-13-17(12)25-15(9-20)24-13)16(18(14)32(21,29)30)19-22-10-23-26-19/h3-7H,2,8-10,20H2,1H3,(H,24,25)(H2,21,29,30). The van der Waals surface area contributed by atoms with Crippen molar-refractivity contribution in [1.82, 2.24) is 9.97 Å². The fourth-order valence-corrected chi connectivity index (χ4v) is 6.65. The molecule has 0 fully saturated rings. The minimum Gasteiger partial charge on any atom is -0.341 e. The molecule has 2 aromatic carbocycles. The number of fused-ring (bicyclic) bond motifs is 1. The molecular formula is C19H21N7O4S2. The van der Waals surface area contributed by atoms with Crippen LogP contribution in [0.1, 0.15) is 24.7 Å². The lowest BCUT2D eigenvalue weighted by molar-refractivity contribution is 0.582. The van der Waals surface area contributed by atoms with Crippen molar-refractivity contribution < 1.29 is 16.8 Å². The van der Waals surface area contributed by atoms with Gasteiger partial charge in [-0.15, -0.1) is 5.11 Å². The monoisotopic (exact) mass is 475 g/mol. The van der Waals surface area contributed by atoms with Crippen LogP contribution in [0.5, 0.6) is 0 Å². The number of hydrogen-bond acceptors (Lipinski definition) is 9. The van der Waals surface area contributed by atoms with Gasteiger partial charge >= 0.3 is 0 Å². The Bertz CT molecular complexity index is 1490. The van der Waals surface area contributed by atoms with Gasteiger partial charge in [-0.3, -0.25) is 0 Å². The van der Waals surface area contributed by atoms with Gasteiger partial charge in [0.25, 0.3) is 0 Å². The molecule has 11 nitrogen and oxygen atoms in total. The van der Waals surface area contributed by atoms with Crippen LogP contribution in [0.3, 0.4) is 0 Å². The van der Waals surface area contributed by atoms with E-state index in [2.05, 4.69) is 25.2 Å². The Labute approximate surface area is 184 Å². The highest BCUT2D eigenvalue weighted by molar-refractivity contribution is 7.93. The number of H-pyrrole nitrogens is 1. The number of imidazole rings is 1. The number of sulfone groups is 1. The van der Waals surface area contributed by atoms with Gasteiger partial charge in [0.1, 0.15) is 10.7 Å². The van der Waals surface area contributed by atoms with Gasteiger partial charge in [-0.1, -0.05) is 25.1 Å². The first-order valence-corrected chi connectivity index (χ1v) is 12.9. The summed E-state index contributed by atoms with van der Waals surface area (Å²) in [6.07, 6.45) is 0.304. The van der Waals surface area contributed by atoms with Gasteiger partial charge in [0.2, 0.25) is 10.0 Å². The topological polar surface area (TPSA) is 186 Å².